The van der Waals surface area contributed by atoms with Crippen LogP contribution in [0.2, 0.25) is 10.0 Å². The van der Waals surface area contributed by atoms with Crippen molar-refractivity contribution in [1.82, 2.24) is 9.91 Å². The van der Waals surface area contributed by atoms with Crippen molar-refractivity contribution in [2.24, 2.45) is 0 Å². The van der Waals surface area contributed by atoms with E-state index in [0.717, 1.165) is 48.4 Å². The van der Waals surface area contributed by atoms with Gasteiger partial charge in [0.2, 0.25) is 5.91 Å². The number of hydrazine groups is 1. The molecule has 192 valence electrons. The van der Waals surface area contributed by atoms with Crippen LogP contribution in [-0.4, -0.2) is 47.1 Å². The molecule has 0 aliphatic carbocycles. The Balaban J connectivity index is 1.21. The first-order chi connectivity index (χ1) is 17.9. The molecular formula is C30H31Cl2N3O2. The number of anilines is 1. The number of piperidine rings is 1. The third-order valence-corrected chi connectivity index (χ3v) is 8.06. The number of halogens is 2. The largest absolute Gasteiger partial charge is 0.385 e. The highest BCUT2D eigenvalue weighted by molar-refractivity contribution is 6.42. The van der Waals surface area contributed by atoms with Gasteiger partial charge in [0.05, 0.1) is 27.9 Å². The molecule has 5 rings (SSSR count). The maximum absolute atomic E-state index is 13.4. The van der Waals surface area contributed by atoms with Gasteiger partial charge in [-0.25, -0.2) is 5.01 Å². The van der Waals surface area contributed by atoms with Crippen molar-refractivity contribution >= 4 is 40.4 Å². The third-order valence-electron chi connectivity index (χ3n) is 7.32. The first-order valence-electron chi connectivity index (χ1n) is 12.7. The number of rotatable bonds is 7. The van der Waals surface area contributed by atoms with Gasteiger partial charge in [-0.05, 0) is 60.7 Å². The van der Waals surface area contributed by atoms with Crippen LogP contribution >= 0.6 is 23.2 Å². The molecular weight excluding hydrogens is 505 g/mol. The van der Waals surface area contributed by atoms with Crippen LogP contribution < -0.4 is 5.01 Å². The van der Waals surface area contributed by atoms with Gasteiger partial charge >= 0.3 is 0 Å². The summed E-state index contributed by atoms with van der Waals surface area (Å²) in [4.78, 5) is 15.8. The molecule has 0 unspecified atom stereocenters. The van der Waals surface area contributed by atoms with E-state index in [0.29, 0.717) is 35.9 Å². The summed E-state index contributed by atoms with van der Waals surface area (Å²) < 4.78 is 0. The lowest BCUT2D eigenvalue weighted by Crippen LogP contribution is -2.43. The van der Waals surface area contributed by atoms with E-state index in [4.69, 9.17) is 23.2 Å². The highest BCUT2D eigenvalue weighted by atomic mass is 35.5. The van der Waals surface area contributed by atoms with Gasteiger partial charge in [0.1, 0.15) is 0 Å². The van der Waals surface area contributed by atoms with Gasteiger partial charge in [0, 0.05) is 25.7 Å². The summed E-state index contributed by atoms with van der Waals surface area (Å²) in [5, 5.41) is 15.7. The fourth-order valence-corrected chi connectivity index (χ4v) is 5.43. The number of hydrogen-bond donors (Lipinski definition) is 1. The summed E-state index contributed by atoms with van der Waals surface area (Å²) in [6.45, 7) is 3.03. The van der Waals surface area contributed by atoms with Crippen molar-refractivity contribution in [3.63, 3.8) is 0 Å². The van der Waals surface area contributed by atoms with Crippen LogP contribution in [0.3, 0.4) is 0 Å². The van der Waals surface area contributed by atoms with E-state index < -0.39 is 5.60 Å². The molecule has 0 aromatic heterocycles. The van der Waals surface area contributed by atoms with Crippen molar-refractivity contribution in [3.05, 3.63) is 106 Å². The molecule has 7 heteroatoms. The zero-order valence-corrected chi connectivity index (χ0v) is 22.2. The SMILES string of the molecule is O=C(CCCN1CCC(O)(c2ccccc2)CC1)N1C=C(c2ccccc2)CN1c1ccc(Cl)c(Cl)c1. The average Bonchev–Trinajstić information content (AvgIpc) is 3.38. The number of nitrogens with zero attached hydrogens (tertiary/aromatic N) is 3. The summed E-state index contributed by atoms with van der Waals surface area (Å²) in [5.41, 5.74) is 3.20. The van der Waals surface area contributed by atoms with Crippen LogP contribution in [-0.2, 0) is 10.4 Å². The van der Waals surface area contributed by atoms with E-state index in [-0.39, 0.29) is 5.91 Å². The van der Waals surface area contributed by atoms with Crippen LogP contribution in [0.1, 0.15) is 36.8 Å². The van der Waals surface area contributed by atoms with Crippen LogP contribution in [0, 0.1) is 0 Å². The van der Waals surface area contributed by atoms with Crippen LogP contribution in [0.5, 0.6) is 0 Å². The number of benzene rings is 3. The Labute approximate surface area is 228 Å². The molecule has 37 heavy (non-hydrogen) atoms. The maximum atomic E-state index is 13.4. The van der Waals surface area contributed by atoms with Crippen LogP contribution in [0.4, 0.5) is 5.69 Å². The summed E-state index contributed by atoms with van der Waals surface area (Å²) in [6, 6.07) is 25.5. The zero-order chi connectivity index (χ0) is 25.8. The van der Waals surface area contributed by atoms with Crippen molar-refractivity contribution < 1.29 is 9.90 Å². The molecule has 5 nitrogen and oxygen atoms in total. The van der Waals surface area contributed by atoms with Gasteiger partial charge in [-0.3, -0.25) is 9.80 Å². The standard InChI is InChI=1S/C30H31Cl2N3O2/c31-27-14-13-26(20-28(27)32)34-21-24(23-8-3-1-4-9-23)22-35(34)29(36)12-7-17-33-18-15-30(37,16-19-33)25-10-5-2-6-11-25/h1-6,8-11,13-14,20,22,37H,7,12,15-19,21H2. The Bertz CT molecular complexity index is 1260. The van der Waals surface area contributed by atoms with E-state index in [1.807, 2.05) is 65.8 Å². The fourth-order valence-electron chi connectivity index (χ4n) is 5.13. The molecule has 2 aliphatic rings. The van der Waals surface area contributed by atoms with Crippen LogP contribution in [0.25, 0.3) is 5.57 Å². The Morgan fingerprint density at radius 1 is 0.892 bits per heavy atom. The van der Waals surface area contributed by atoms with Gasteiger partial charge in [-0.15, -0.1) is 0 Å². The lowest BCUT2D eigenvalue weighted by molar-refractivity contribution is -0.129. The van der Waals surface area contributed by atoms with Gasteiger partial charge in [-0.2, -0.15) is 0 Å². The Kier molecular flexibility index (Phi) is 7.87. The molecule has 1 N–H and O–H groups in total. The van der Waals surface area contributed by atoms with Gasteiger partial charge in [-0.1, -0.05) is 83.9 Å². The molecule has 0 spiro atoms. The minimum Gasteiger partial charge on any atom is -0.385 e. The summed E-state index contributed by atoms with van der Waals surface area (Å²) >= 11 is 12.4. The van der Waals surface area contributed by atoms with E-state index in [9.17, 15) is 9.90 Å². The molecule has 0 radical (unpaired) electrons. The van der Waals surface area contributed by atoms with Gasteiger partial charge in [0.25, 0.3) is 0 Å². The lowest BCUT2D eigenvalue weighted by Gasteiger charge is -2.38. The highest BCUT2D eigenvalue weighted by Crippen LogP contribution is 2.34. The number of likely N-dealkylation sites (tertiary alicyclic amines) is 1. The molecule has 2 aliphatic heterocycles. The monoisotopic (exact) mass is 535 g/mol. The summed E-state index contributed by atoms with van der Waals surface area (Å²) in [7, 11) is 0. The predicted molar refractivity (Wildman–Crippen MR) is 150 cm³/mol. The Morgan fingerprint density at radius 3 is 2.24 bits per heavy atom. The molecule has 0 atom stereocenters. The Hall–Kier alpha value is -2.83. The van der Waals surface area contributed by atoms with E-state index >= 15 is 0 Å². The molecule has 0 saturated carbocycles. The number of aliphatic hydroxyl groups is 1. The minimum absolute atomic E-state index is 0.0369. The van der Waals surface area contributed by atoms with Crippen molar-refractivity contribution in [2.45, 2.75) is 31.3 Å². The topological polar surface area (TPSA) is 47.0 Å². The summed E-state index contributed by atoms with van der Waals surface area (Å²) in [6.07, 6.45) is 4.51. The maximum Gasteiger partial charge on any atom is 0.245 e. The summed E-state index contributed by atoms with van der Waals surface area (Å²) in [5.74, 6) is 0.0369. The van der Waals surface area contributed by atoms with Crippen LogP contribution in [0.15, 0.2) is 85.1 Å². The second-order valence-corrected chi connectivity index (χ2v) is 10.6. The quantitative estimate of drug-likeness (QED) is 0.382. The number of hydrogen-bond acceptors (Lipinski definition) is 4. The van der Waals surface area contributed by atoms with E-state index in [1.165, 1.54) is 0 Å². The lowest BCUT2D eigenvalue weighted by atomic mass is 9.84. The normalized spacial score (nSPS) is 17.6. The van der Waals surface area contributed by atoms with Crippen molar-refractivity contribution in [2.75, 3.05) is 31.2 Å². The second-order valence-electron chi connectivity index (χ2n) is 9.76. The zero-order valence-electron chi connectivity index (χ0n) is 20.7. The smallest absolute Gasteiger partial charge is 0.245 e. The number of carbonyl (C=O) groups excluding carboxylic acids is 1. The Morgan fingerprint density at radius 2 is 1.57 bits per heavy atom. The van der Waals surface area contributed by atoms with E-state index in [2.05, 4.69) is 17.0 Å². The molecule has 0 bridgehead atoms. The van der Waals surface area contributed by atoms with Gasteiger partial charge < -0.3 is 10.0 Å². The van der Waals surface area contributed by atoms with Gasteiger partial charge in [0.15, 0.2) is 0 Å². The first-order valence-corrected chi connectivity index (χ1v) is 13.5. The number of amides is 1. The molecule has 1 saturated heterocycles. The first kappa shape index (κ1) is 25.8. The third kappa shape index (κ3) is 5.86. The molecule has 2 heterocycles. The molecule has 3 aromatic rings. The fraction of sp³-hybridized carbons (Fsp3) is 0.300. The second kappa shape index (κ2) is 11.3. The molecule has 1 fully saturated rings. The molecule has 3 aromatic carbocycles. The van der Waals surface area contributed by atoms with E-state index in [1.54, 1.807) is 17.1 Å². The van der Waals surface area contributed by atoms with Crippen molar-refractivity contribution in [1.29, 1.82) is 0 Å². The predicted octanol–water partition coefficient (Wildman–Crippen LogP) is 6.36. The number of carbonyl (C=O) groups is 1. The highest BCUT2D eigenvalue weighted by Gasteiger charge is 2.34. The molecule has 1 amide bonds. The van der Waals surface area contributed by atoms with Crippen molar-refractivity contribution in [3.8, 4) is 0 Å². The average molecular weight is 537 g/mol. The minimum atomic E-state index is -0.762.